The van der Waals surface area contributed by atoms with Crippen molar-refractivity contribution in [2.24, 2.45) is 0 Å². The van der Waals surface area contributed by atoms with Gasteiger partial charge in [-0.3, -0.25) is 4.90 Å². The van der Waals surface area contributed by atoms with Gasteiger partial charge < -0.3 is 0 Å². The van der Waals surface area contributed by atoms with Crippen LogP contribution in [-0.2, 0) is 20.7 Å². The minimum atomic E-state index is -2.94. The standard InChI is InChI=1S/C26H38N2O2S2/c1-18(17-32(6,29)30)28-13-9-19(10-14-28)24-27-23(16-31-24)20-7-8-21-22(15-20)26(4,5)12-11-25(21,2)3/h7-8,15-16,18-19H,9-14,17H2,1-6H3. The number of fused-ring (bicyclic) bond motifs is 1. The molecule has 1 saturated heterocycles. The number of nitrogens with zero attached hydrogens (tertiary/aromatic N) is 2. The topological polar surface area (TPSA) is 50.3 Å². The zero-order valence-corrected chi connectivity index (χ0v) is 22.1. The van der Waals surface area contributed by atoms with Crippen molar-refractivity contribution in [3.05, 3.63) is 39.7 Å². The first kappa shape index (κ1) is 23.9. The van der Waals surface area contributed by atoms with Crippen molar-refractivity contribution in [3.63, 3.8) is 0 Å². The maximum atomic E-state index is 11.6. The van der Waals surface area contributed by atoms with Crippen LogP contribution >= 0.6 is 11.3 Å². The van der Waals surface area contributed by atoms with E-state index in [9.17, 15) is 8.42 Å². The number of thiazole rings is 1. The van der Waals surface area contributed by atoms with Crippen LogP contribution in [0.15, 0.2) is 23.6 Å². The zero-order valence-electron chi connectivity index (χ0n) is 20.4. The minimum absolute atomic E-state index is 0.0842. The first-order chi connectivity index (χ1) is 14.9. The smallest absolute Gasteiger partial charge is 0.148 e. The van der Waals surface area contributed by atoms with Gasteiger partial charge >= 0.3 is 0 Å². The second kappa shape index (κ2) is 8.52. The molecule has 1 aliphatic heterocycles. The highest BCUT2D eigenvalue weighted by Crippen LogP contribution is 2.47. The van der Waals surface area contributed by atoms with Crippen LogP contribution in [0.1, 0.15) is 82.4 Å². The predicted molar refractivity (Wildman–Crippen MR) is 136 cm³/mol. The lowest BCUT2D eigenvalue weighted by Gasteiger charge is -2.42. The maximum Gasteiger partial charge on any atom is 0.148 e. The molecule has 4 nitrogen and oxygen atoms in total. The Balaban J connectivity index is 1.48. The quantitative estimate of drug-likeness (QED) is 0.552. The van der Waals surface area contributed by atoms with Crippen LogP contribution < -0.4 is 0 Å². The van der Waals surface area contributed by atoms with Crippen LogP contribution in [-0.4, -0.2) is 49.4 Å². The van der Waals surface area contributed by atoms with E-state index in [1.54, 1.807) is 11.3 Å². The summed E-state index contributed by atoms with van der Waals surface area (Å²) in [5.41, 5.74) is 5.74. The van der Waals surface area contributed by atoms with E-state index in [0.29, 0.717) is 5.92 Å². The van der Waals surface area contributed by atoms with Crippen molar-refractivity contribution in [3.8, 4) is 11.3 Å². The molecule has 2 aromatic rings. The molecule has 1 fully saturated rings. The Hall–Kier alpha value is -1.24. The summed E-state index contributed by atoms with van der Waals surface area (Å²) in [5, 5.41) is 3.45. The van der Waals surface area contributed by atoms with Gasteiger partial charge in [-0.25, -0.2) is 13.4 Å². The van der Waals surface area contributed by atoms with Gasteiger partial charge in [0.05, 0.1) is 16.5 Å². The molecular weight excluding hydrogens is 436 g/mol. The van der Waals surface area contributed by atoms with Gasteiger partial charge in [0, 0.05) is 29.2 Å². The molecule has 0 amide bonds. The second-order valence-corrected chi connectivity index (χ2v) is 14.4. The fourth-order valence-electron chi connectivity index (χ4n) is 5.49. The lowest BCUT2D eigenvalue weighted by atomic mass is 9.63. The van der Waals surface area contributed by atoms with E-state index < -0.39 is 9.84 Å². The summed E-state index contributed by atoms with van der Waals surface area (Å²) >= 11 is 1.78. The number of benzene rings is 1. The zero-order chi connectivity index (χ0) is 23.3. The van der Waals surface area contributed by atoms with Crippen molar-refractivity contribution >= 4 is 21.2 Å². The summed E-state index contributed by atoms with van der Waals surface area (Å²) in [5.74, 6) is 0.716. The first-order valence-electron chi connectivity index (χ1n) is 11.9. The van der Waals surface area contributed by atoms with Gasteiger partial charge in [0.1, 0.15) is 9.84 Å². The lowest BCUT2D eigenvalue weighted by molar-refractivity contribution is 0.173. The minimum Gasteiger partial charge on any atom is -0.300 e. The van der Waals surface area contributed by atoms with Crippen LogP contribution in [0.5, 0.6) is 0 Å². The van der Waals surface area contributed by atoms with Crippen LogP contribution in [0.3, 0.4) is 0 Å². The van der Waals surface area contributed by atoms with E-state index >= 15 is 0 Å². The van der Waals surface area contributed by atoms with E-state index in [0.717, 1.165) is 31.6 Å². The van der Waals surface area contributed by atoms with Gasteiger partial charge in [0.2, 0.25) is 0 Å². The molecule has 2 heterocycles. The number of aromatic nitrogens is 1. The summed E-state index contributed by atoms with van der Waals surface area (Å²) in [7, 11) is -2.94. The Kier molecular flexibility index (Phi) is 6.36. The highest BCUT2D eigenvalue weighted by Gasteiger charge is 2.37. The van der Waals surface area contributed by atoms with E-state index in [1.165, 1.54) is 40.8 Å². The third kappa shape index (κ3) is 4.97. The Morgan fingerprint density at radius 2 is 1.72 bits per heavy atom. The molecular formula is C26H38N2O2S2. The number of sulfone groups is 1. The molecule has 6 heteroatoms. The monoisotopic (exact) mass is 474 g/mol. The first-order valence-corrected chi connectivity index (χ1v) is 14.8. The van der Waals surface area contributed by atoms with Crippen LogP contribution in [0.25, 0.3) is 11.3 Å². The Morgan fingerprint density at radius 3 is 2.34 bits per heavy atom. The van der Waals surface area contributed by atoms with Crippen molar-refractivity contribution in [2.45, 2.75) is 83.1 Å². The van der Waals surface area contributed by atoms with E-state index in [-0.39, 0.29) is 22.6 Å². The summed E-state index contributed by atoms with van der Waals surface area (Å²) in [6.45, 7) is 13.4. The summed E-state index contributed by atoms with van der Waals surface area (Å²) in [6.07, 6.45) is 5.87. The molecule has 32 heavy (non-hydrogen) atoms. The summed E-state index contributed by atoms with van der Waals surface area (Å²) in [6, 6.07) is 7.08. The van der Waals surface area contributed by atoms with E-state index in [1.807, 2.05) is 6.92 Å². The van der Waals surface area contributed by atoms with Gasteiger partial charge in [-0.1, -0.05) is 39.8 Å². The van der Waals surface area contributed by atoms with Gasteiger partial charge in [-0.05, 0) is 73.7 Å². The molecule has 0 saturated carbocycles. The SMILES string of the molecule is CC(CS(C)(=O)=O)N1CCC(c2nc(-c3ccc4c(c3)C(C)(C)CCC4(C)C)cs2)CC1. The van der Waals surface area contributed by atoms with E-state index in [2.05, 4.69) is 56.2 Å². The van der Waals surface area contributed by atoms with Crippen LogP contribution in [0.2, 0.25) is 0 Å². The molecule has 0 bridgehead atoms. The average molecular weight is 475 g/mol. The van der Waals surface area contributed by atoms with Crippen molar-refractivity contribution in [1.29, 1.82) is 0 Å². The lowest BCUT2D eigenvalue weighted by Crippen LogP contribution is -2.42. The molecule has 1 atom stereocenters. The summed E-state index contributed by atoms with van der Waals surface area (Å²) < 4.78 is 23.3. The molecule has 2 aliphatic rings. The van der Waals surface area contributed by atoms with Crippen LogP contribution in [0, 0.1) is 0 Å². The molecule has 1 unspecified atom stereocenters. The van der Waals surface area contributed by atoms with Gasteiger partial charge in [-0.15, -0.1) is 11.3 Å². The third-order valence-corrected chi connectivity index (χ3v) is 9.81. The molecule has 1 aromatic carbocycles. The number of likely N-dealkylation sites (tertiary alicyclic amines) is 1. The Labute approximate surface area is 198 Å². The fourth-order valence-corrected chi connectivity index (χ4v) is 7.57. The van der Waals surface area contributed by atoms with E-state index in [4.69, 9.17) is 4.98 Å². The molecule has 0 spiro atoms. The number of rotatable bonds is 5. The van der Waals surface area contributed by atoms with Gasteiger partial charge in [0.25, 0.3) is 0 Å². The van der Waals surface area contributed by atoms with Crippen molar-refractivity contribution in [1.82, 2.24) is 9.88 Å². The highest BCUT2D eigenvalue weighted by atomic mass is 32.2. The van der Waals surface area contributed by atoms with Gasteiger partial charge in [0.15, 0.2) is 0 Å². The van der Waals surface area contributed by atoms with Crippen molar-refractivity contribution in [2.75, 3.05) is 25.1 Å². The number of hydrogen-bond donors (Lipinski definition) is 0. The third-order valence-electron chi connectivity index (χ3n) is 7.72. The largest absolute Gasteiger partial charge is 0.300 e. The molecule has 4 rings (SSSR count). The molecule has 0 N–H and O–H groups in total. The average Bonchev–Trinajstić information content (AvgIpc) is 3.20. The summed E-state index contributed by atoms with van der Waals surface area (Å²) in [4.78, 5) is 7.39. The maximum absolute atomic E-state index is 11.6. The van der Waals surface area contributed by atoms with Gasteiger partial charge in [-0.2, -0.15) is 0 Å². The van der Waals surface area contributed by atoms with Crippen molar-refractivity contribution < 1.29 is 8.42 Å². The number of hydrogen-bond acceptors (Lipinski definition) is 5. The molecule has 0 radical (unpaired) electrons. The second-order valence-electron chi connectivity index (χ2n) is 11.4. The highest BCUT2D eigenvalue weighted by molar-refractivity contribution is 7.90. The molecule has 1 aromatic heterocycles. The Bertz CT molecular complexity index is 1080. The predicted octanol–water partition coefficient (Wildman–Crippen LogP) is 5.77. The Morgan fingerprint density at radius 1 is 1.09 bits per heavy atom. The molecule has 1 aliphatic carbocycles. The normalized spacial score (nSPS) is 22.4. The number of piperidine rings is 1. The van der Waals surface area contributed by atoms with Crippen LogP contribution in [0.4, 0.5) is 0 Å². The fraction of sp³-hybridized carbons (Fsp3) is 0.654. The molecule has 176 valence electrons.